The summed E-state index contributed by atoms with van der Waals surface area (Å²) in [6.45, 7) is 9.59. The molecule has 0 bridgehead atoms. The van der Waals surface area contributed by atoms with Crippen LogP contribution in [0, 0.1) is 11.8 Å². The van der Waals surface area contributed by atoms with Crippen LogP contribution in [-0.2, 0) is 65.4 Å². The van der Waals surface area contributed by atoms with Crippen molar-refractivity contribution in [3.63, 3.8) is 0 Å². The average Bonchev–Trinajstić information content (AvgIpc) is 1.30. The average molecular weight is 1420 g/mol. The van der Waals surface area contributed by atoms with E-state index in [4.69, 9.17) is 37.0 Å². The number of hydrogen-bond donors (Lipinski definition) is 3. The van der Waals surface area contributed by atoms with Crippen molar-refractivity contribution in [2.45, 2.75) is 426 Å². The van der Waals surface area contributed by atoms with Crippen molar-refractivity contribution < 1.29 is 80.2 Å². The summed E-state index contributed by atoms with van der Waals surface area (Å²) in [5, 5.41) is 10.6. The Balaban J connectivity index is 5.23. The smallest absolute Gasteiger partial charge is 0.462 e. The van der Waals surface area contributed by atoms with Crippen LogP contribution in [0.1, 0.15) is 408 Å². The predicted octanol–water partition coefficient (Wildman–Crippen LogP) is 23.1. The lowest BCUT2D eigenvalue weighted by Gasteiger charge is -2.21. The third kappa shape index (κ3) is 70.9. The summed E-state index contributed by atoms with van der Waals surface area (Å²) in [6, 6.07) is 0. The molecule has 0 aromatic carbocycles. The number of ether oxygens (including phenoxy) is 4. The van der Waals surface area contributed by atoms with Crippen LogP contribution >= 0.6 is 15.6 Å². The van der Waals surface area contributed by atoms with Crippen LogP contribution in [0.4, 0.5) is 0 Å². The van der Waals surface area contributed by atoms with Gasteiger partial charge >= 0.3 is 39.5 Å². The van der Waals surface area contributed by atoms with Gasteiger partial charge in [0.2, 0.25) is 0 Å². The Morgan fingerprint density at radius 3 is 0.784 bits per heavy atom. The van der Waals surface area contributed by atoms with Gasteiger partial charge < -0.3 is 33.8 Å². The zero-order valence-corrected chi connectivity index (χ0v) is 65.2. The molecule has 0 saturated heterocycles. The number of carbonyl (C=O) groups excluding carboxylic acids is 4. The first-order valence-electron chi connectivity index (χ1n) is 40.5. The highest BCUT2D eigenvalue weighted by Gasteiger charge is 2.30. The first-order chi connectivity index (χ1) is 46.9. The molecule has 0 fully saturated rings. The van der Waals surface area contributed by atoms with E-state index in [1.54, 1.807) is 0 Å². The fourth-order valence-electron chi connectivity index (χ4n) is 12.0. The zero-order valence-electron chi connectivity index (χ0n) is 63.4. The number of carbonyl (C=O) groups is 4. The minimum atomic E-state index is -4.96. The predicted molar refractivity (Wildman–Crippen MR) is 395 cm³/mol. The van der Waals surface area contributed by atoms with Crippen LogP contribution < -0.4 is 0 Å². The number of phosphoric ester groups is 2. The van der Waals surface area contributed by atoms with Gasteiger partial charge in [-0.25, -0.2) is 9.13 Å². The van der Waals surface area contributed by atoms with Crippen LogP contribution in [0.25, 0.3) is 0 Å². The fourth-order valence-corrected chi connectivity index (χ4v) is 13.6. The van der Waals surface area contributed by atoms with Crippen LogP contribution in [0.2, 0.25) is 0 Å². The van der Waals surface area contributed by atoms with Crippen molar-refractivity contribution in [1.29, 1.82) is 0 Å². The summed E-state index contributed by atoms with van der Waals surface area (Å²) in [5.41, 5.74) is 0. The monoisotopic (exact) mass is 1420 g/mol. The molecule has 0 aliphatic carbocycles. The number of aliphatic hydroxyl groups excluding tert-OH is 1. The molecule has 97 heavy (non-hydrogen) atoms. The molecule has 576 valence electrons. The summed E-state index contributed by atoms with van der Waals surface area (Å²) >= 11 is 0. The second kappa shape index (κ2) is 69.8. The molecule has 6 atom stereocenters. The third-order valence-electron chi connectivity index (χ3n) is 18.6. The van der Waals surface area contributed by atoms with E-state index in [9.17, 15) is 43.2 Å². The first-order valence-corrected chi connectivity index (χ1v) is 43.5. The summed E-state index contributed by atoms with van der Waals surface area (Å²) in [7, 11) is -9.91. The maximum atomic E-state index is 13.1. The van der Waals surface area contributed by atoms with E-state index in [0.717, 1.165) is 102 Å². The summed E-state index contributed by atoms with van der Waals surface area (Å²) in [6.07, 6.45) is 58.2. The standard InChI is InChI=1S/C78H152O17P2/c1-7-10-12-14-16-18-20-22-23-24-25-26-27-28-30-32-36-44-50-56-62-77(82)94-73(66-88-75(80)60-54-48-42-35-31-29-21-19-17-15-13-11-8-2)68-92-96(84,85)90-64-72(79)65-91-97(86,87)93-69-74(95-78(83)63-57-51-45-37-33-34-40-46-52-58-70(4)5)67-89-76(81)61-55-49-43-39-38-41-47-53-59-71(6)9-3/h70-74,79H,7-69H2,1-6H3,(H,84,85)(H,86,87)/t71?,72-,73-,74-/m1/s1. The van der Waals surface area contributed by atoms with Gasteiger partial charge in [0.25, 0.3) is 0 Å². The van der Waals surface area contributed by atoms with Gasteiger partial charge in [-0.3, -0.25) is 37.3 Å². The Morgan fingerprint density at radius 2 is 0.526 bits per heavy atom. The fraction of sp³-hybridized carbons (Fsp3) is 0.949. The van der Waals surface area contributed by atoms with Crippen molar-refractivity contribution in [3.8, 4) is 0 Å². The Bertz CT molecular complexity index is 1870. The molecule has 17 nitrogen and oxygen atoms in total. The number of aliphatic hydroxyl groups is 1. The van der Waals surface area contributed by atoms with Crippen LogP contribution in [0.5, 0.6) is 0 Å². The Morgan fingerprint density at radius 1 is 0.299 bits per heavy atom. The van der Waals surface area contributed by atoms with Crippen LogP contribution in [0.15, 0.2) is 0 Å². The van der Waals surface area contributed by atoms with Gasteiger partial charge in [-0.1, -0.05) is 356 Å². The molecule has 0 radical (unpaired) electrons. The lowest BCUT2D eigenvalue weighted by atomic mass is 9.99. The van der Waals surface area contributed by atoms with Crippen molar-refractivity contribution in [2.75, 3.05) is 39.6 Å². The molecule has 0 aliphatic heterocycles. The van der Waals surface area contributed by atoms with E-state index in [2.05, 4.69) is 41.5 Å². The van der Waals surface area contributed by atoms with Gasteiger partial charge in [0, 0.05) is 25.7 Å². The SMILES string of the molecule is CCCCCCCCCCCCCCCCCCCCCCC(=O)O[C@H](COC(=O)CCCCCCCCCCCCCCC)COP(=O)(O)OC[C@@H](O)COP(=O)(O)OC[C@@H](COC(=O)CCCCCCCCCCC(C)CC)OC(=O)CCCCCCCCCCCC(C)C. The molecule has 3 N–H and O–H groups in total. The molecular formula is C78H152O17P2. The van der Waals surface area contributed by atoms with Crippen LogP contribution in [-0.4, -0.2) is 96.7 Å². The molecule has 0 amide bonds. The van der Waals surface area contributed by atoms with Gasteiger partial charge in [-0.05, 0) is 37.5 Å². The van der Waals surface area contributed by atoms with E-state index in [1.807, 2.05) is 0 Å². The Labute approximate surface area is 594 Å². The van der Waals surface area contributed by atoms with Gasteiger partial charge in [0.1, 0.15) is 19.3 Å². The van der Waals surface area contributed by atoms with E-state index >= 15 is 0 Å². The maximum absolute atomic E-state index is 13.1. The molecule has 0 saturated carbocycles. The minimum absolute atomic E-state index is 0.105. The number of unbranched alkanes of at least 4 members (excludes halogenated alkanes) is 46. The minimum Gasteiger partial charge on any atom is -0.462 e. The molecule has 0 aromatic rings. The molecule has 0 aliphatic rings. The maximum Gasteiger partial charge on any atom is 0.472 e. The lowest BCUT2D eigenvalue weighted by Crippen LogP contribution is -2.30. The summed E-state index contributed by atoms with van der Waals surface area (Å²) in [5.74, 6) is -0.600. The summed E-state index contributed by atoms with van der Waals surface area (Å²) < 4.78 is 68.6. The lowest BCUT2D eigenvalue weighted by molar-refractivity contribution is -0.161. The second-order valence-electron chi connectivity index (χ2n) is 28.8. The largest absolute Gasteiger partial charge is 0.472 e. The topological polar surface area (TPSA) is 237 Å². The van der Waals surface area contributed by atoms with Gasteiger partial charge in [-0.15, -0.1) is 0 Å². The van der Waals surface area contributed by atoms with Crippen molar-refractivity contribution in [1.82, 2.24) is 0 Å². The van der Waals surface area contributed by atoms with Gasteiger partial charge in [0.05, 0.1) is 26.4 Å². The molecule has 0 rings (SSSR count). The van der Waals surface area contributed by atoms with Crippen molar-refractivity contribution in [3.05, 3.63) is 0 Å². The molecular weight excluding hydrogens is 1270 g/mol. The number of rotatable bonds is 77. The number of hydrogen-bond acceptors (Lipinski definition) is 15. The van der Waals surface area contributed by atoms with E-state index in [1.165, 1.54) is 225 Å². The Kier molecular flexibility index (Phi) is 68.4. The normalized spacial score (nSPS) is 14.2. The highest BCUT2D eigenvalue weighted by atomic mass is 31.2. The number of esters is 4. The van der Waals surface area contributed by atoms with E-state index in [-0.39, 0.29) is 25.7 Å². The molecule has 3 unspecified atom stereocenters. The molecule has 0 spiro atoms. The van der Waals surface area contributed by atoms with E-state index < -0.39 is 97.5 Å². The molecule has 0 aromatic heterocycles. The number of phosphoric acid groups is 2. The zero-order chi connectivity index (χ0) is 71.4. The highest BCUT2D eigenvalue weighted by Crippen LogP contribution is 2.45. The Hall–Kier alpha value is -1.94. The van der Waals surface area contributed by atoms with Gasteiger partial charge in [-0.2, -0.15) is 0 Å². The van der Waals surface area contributed by atoms with Crippen molar-refractivity contribution in [2.24, 2.45) is 11.8 Å². The van der Waals surface area contributed by atoms with Crippen LogP contribution in [0.3, 0.4) is 0 Å². The summed E-state index contributed by atoms with van der Waals surface area (Å²) in [4.78, 5) is 72.9. The first kappa shape index (κ1) is 95.1. The second-order valence-corrected chi connectivity index (χ2v) is 31.7. The van der Waals surface area contributed by atoms with Crippen molar-refractivity contribution >= 4 is 39.5 Å². The molecule has 0 heterocycles. The molecule has 19 heteroatoms. The quantitative estimate of drug-likeness (QED) is 0.0222. The van der Waals surface area contributed by atoms with Gasteiger partial charge in [0.15, 0.2) is 12.2 Å². The van der Waals surface area contributed by atoms with E-state index in [0.29, 0.717) is 25.7 Å². The highest BCUT2D eigenvalue weighted by molar-refractivity contribution is 7.47. The third-order valence-corrected chi connectivity index (χ3v) is 20.5.